The standard InChI is InChI=1S/C11H14N4S/c1-4-9-7(2)13-10(14-11(9)16)8-5-12-15(3)6-8/h5-6H,4H2,1-3H3,(H,13,14,16). The summed E-state index contributed by atoms with van der Waals surface area (Å²) >= 11 is 5.27. The maximum absolute atomic E-state index is 5.27. The second-order valence-corrected chi connectivity index (χ2v) is 4.14. The summed E-state index contributed by atoms with van der Waals surface area (Å²) in [6.07, 6.45) is 4.60. The molecule has 0 radical (unpaired) electrons. The van der Waals surface area contributed by atoms with Gasteiger partial charge in [0.05, 0.1) is 11.8 Å². The Labute approximate surface area is 99.4 Å². The number of aromatic nitrogens is 4. The molecule has 0 aromatic carbocycles. The highest BCUT2D eigenvalue weighted by molar-refractivity contribution is 7.71. The second-order valence-electron chi connectivity index (χ2n) is 3.75. The molecule has 2 heterocycles. The second kappa shape index (κ2) is 4.17. The molecule has 0 saturated heterocycles. The molecule has 2 aromatic heterocycles. The van der Waals surface area contributed by atoms with Crippen molar-refractivity contribution in [2.75, 3.05) is 0 Å². The van der Waals surface area contributed by atoms with E-state index in [0.29, 0.717) is 4.64 Å². The zero-order chi connectivity index (χ0) is 11.7. The Morgan fingerprint density at radius 2 is 2.25 bits per heavy atom. The van der Waals surface area contributed by atoms with Crippen molar-refractivity contribution in [3.05, 3.63) is 28.3 Å². The number of nitrogens with one attached hydrogen (secondary N) is 1. The minimum absolute atomic E-state index is 0.678. The molecule has 0 spiro atoms. The quantitative estimate of drug-likeness (QED) is 0.812. The lowest BCUT2D eigenvalue weighted by Gasteiger charge is -2.05. The highest BCUT2D eigenvalue weighted by Crippen LogP contribution is 2.16. The normalized spacial score (nSPS) is 10.7. The van der Waals surface area contributed by atoms with Crippen LogP contribution in [-0.4, -0.2) is 19.7 Å². The highest BCUT2D eigenvalue weighted by Gasteiger charge is 2.06. The Hall–Kier alpha value is -1.49. The fourth-order valence-corrected chi connectivity index (χ4v) is 2.10. The highest BCUT2D eigenvalue weighted by atomic mass is 32.1. The predicted octanol–water partition coefficient (Wildman–Crippen LogP) is 2.41. The Bertz CT molecular complexity index is 568. The molecule has 2 aromatic rings. The van der Waals surface area contributed by atoms with Crippen molar-refractivity contribution < 1.29 is 0 Å². The van der Waals surface area contributed by atoms with Crippen LogP contribution in [0, 0.1) is 11.6 Å². The van der Waals surface area contributed by atoms with Crippen molar-refractivity contribution in [1.82, 2.24) is 19.7 Å². The lowest BCUT2D eigenvalue weighted by atomic mass is 10.2. The van der Waals surface area contributed by atoms with E-state index in [1.54, 1.807) is 10.9 Å². The molecule has 1 N–H and O–H groups in total. The molecule has 0 unspecified atom stereocenters. The van der Waals surface area contributed by atoms with E-state index in [4.69, 9.17) is 12.2 Å². The van der Waals surface area contributed by atoms with Gasteiger partial charge in [0.15, 0.2) is 0 Å². The van der Waals surface area contributed by atoms with Gasteiger partial charge in [-0.3, -0.25) is 4.68 Å². The van der Waals surface area contributed by atoms with Crippen molar-refractivity contribution in [2.24, 2.45) is 7.05 Å². The fraction of sp³-hybridized carbons (Fsp3) is 0.364. The summed E-state index contributed by atoms with van der Waals surface area (Å²) < 4.78 is 2.43. The molecular formula is C11H14N4S. The van der Waals surface area contributed by atoms with E-state index in [-0.39, 0.29) is 0 Å². The molecule has 0 fully saturated rings. The van der Waals surface area contributed by atoms with E-state index in [9.17, 15) is 0 Å². The summed E-state index contributed by atoms with van der Waals surface area (Å²) in [5, 5.41) is 4.12. The average Bonchev–Trinajstić information content (AvgIpc) is 2.64. The van der Waals surface area contributed by atoms with Crippen LogP contribution in [0.15, 0.2) is 12.4 Å². The molecule has 5 heteroatoms. The largest absolute Gasteiger partial charge is 0.343 e. The van der Waals surface area contributed by atoms with Crippen LogP contribution in [0.4, 0.5) is 0 Å². The van der Waals surface area contributed by atoms with E-state index in [1.165, 1.54) is 0 Å². The first-order valence-electron chi connectivity index (χ1n) is 5.20. The molecule has 0 bridgehead atoms. The Balaban J connectivity index is 2.56. The summed E-state index contributed by atoms with van der Waals surface area (Å²) in [5.41, 5.74) is 3.16. The molecule has 0 atom stereocenters. The summed E-state index contributed by atoms with van der Waals surface area (Å²) in [5.74, 6) is 0.785. The van der Waals surface area contributed by atoms with Gasteiger partial charge in [0, 0.05) is 24.5 Å². The van der Waals surface area contributed by atoms with Gasteiger partial charge in [-0.15, -0.1) is 0 Å². The van der Waals surface area contributed by atoms with Crippen LogP contribution in [0.25, 0.3) is 11.4 Å². The molecular weight excluding hydrogens is 220 g/mol. The van der Waals surface area contributed by atoms with Crippen LogP contribution >= 0.6 is 12.2 Å². The lowest BCUT2D eigenvalue weighted by molar-refractivity contribution is 0.768. The number of aromatic amines is 1. The molecule has 2 rings (SSSR count). The fourth-order valence-electron chi connectivity index (χ4n) is 1.71. The number of H-pyrrole nitrogens is 1. The maximum Gasteiger partial charge on any atom is 0.142 e. The SMILES string of the molecule is CCc1c(C)[nH]c(-c2cnn(C)c2)nc1=S. The zero-order valence-corrected chi connectivity index (χ0v) is 10.4. The lowest BCUT2D eigenvalue weighted by Crippen LogP contribution is -1.98. The third-order valence-corrected chi connectivity index (χ3v) is 2.90. The Morgan fingerprint density at radius 1 is 1.50 bits per heavy atom. The maximum atomic E-state index is 5.27. The first kappa shape index (κ1) is 11.0. The number of rotatable bonds is 2. The molecule has 0 aliphatic heterocycles. The smallest absolute Gasteiger partial charge is 0.142 e. The van der Waals surface area contributed by atoms with Crippen molar-refractivity contribution in [3.8, 4) is 11.4 Å². The van der Waals surface area contributed by atoms with E-state index >= 15 is 0 Å². The van der Waals surface area contributed by atoms with E-state index < -0.39 is 0 Å². The first-order chi connectivity index (χ1) is 7.61. The van der Waals surface area contributed by atoms with Crippen molar-refractivity contribution in [3.63, 3.8) is 0 Å². The summed E-state index contributed by atoms with van der Waals surface area (Å²) in [7, 11) is 1.88. The topological polar surface area (TPSA) is 46.5 Å². The zero-order valence-electron chi connectivity index (χ0n) is 9.61. The van der Waals surface area contributed by atoms with Crippen LogP contribution in [0.3, 0.4) is 0 Å². The Morgan fingerprint density at radius 3 is 2.75 bits per heavy atom. The van der Waals surface area contributed by atoms with Gasteiger partial charge in [-0.2, -0.15) is 5.10 Å². The minimum atomic E-state index is 0.678. The third kappa shape index (κ3) is 1.90. The first-order valence-corrected chi connectivity index (χ1v) is 5.61. The van der Waals surface area contributed by atoms with Crippen LogP contribution < -0.4 is 0 Å². The van der Waals surface area contributed by atoms with Crippen molar-refractivity contribution >= 4 is 12.2 Å². The minimum Gasteiger partial charge on any atom is -0.343 e. The van der Waals surface area contributed by atoms with Crippen LogP contribution in [0.2, 0.25) is 0 Å². The molecule has 4 nitrogen and oxygen atoms in total. The van der Waals surface area contributed by atoms with Crippen molar-refractivity contribution in [1.29, 1.82) is 0 Å². The van der Waals surface area contributed by atoms with Gasteiger partial charge in [0.25, 0.3) is 0 Å². The van der Waals surface area contributed by atoms with Gasteiger partial charge in [0.1, 0.15) is 10.5 Å². The van der Waals surface area contributed by atoms with Crippen LogP contribution in [0.5, 0.6) is 0 Å². The molecule has 16 heavy (non-hydrogen) atoms. The number of hydrogen-bond acceptors (Lipinski definition) is 3. The predicted molar refractivity (Wildman–Crippen MR) is 65.7 cm³/mol. The van der Waals surface area contributed by atoms with Crippen molar-refractivity contribution in [2.45, 2.75) is 20.3 Å². The molecule has 0 amide bonds. The molecule has 84 valence electrons. The molecule has 0 aliphatic carbocycles. The van der Waals surface area contributed by atoms with E-state index in [0.717, 1.165) is 29.1 Å². The van der Waals surface area contributed by atoms with Gasteiger partial charge in [-0.25, -0.2) is 4.98 Å². The number of aryl methyl sites for hydroxylation is 2. The number of nitrogens with zero attached hydrogens (tertiary/aromatic N) is 3. The van der Waals surface area contributed by atoms with E-state index in [1.807, 2.05) is 20.2 Å². The van der Waals surface area contributed by atoms with Gasteiger partial charge in [0.2, 0.25) is 0 Å². The van der Waals surface area contributed by atoms with Crippen LogP contribution in [0.1, 0.15) is 18.2 Å². The summed E-state index contributed by atoms with van der Waals surface area (Å²) in [6, 6.07) is 0. The average molecular weight is 234 g/mol. The van der Waals surface area contributed by atoms with Gasteiger partial charge in [-0.05, 0) is 13.3 Å². The summed E-state index contributed by atoms with van der Waals surface area (Å²) in [6.45, 7) is 4.10. The molecule has 0 aliphatic rings. The summed E-state index contributed by atoms with van der Waals surface area (Å²) in [4.78, 5) is 7.66. The van der Waals surface area contributed by atoms with E-state index in [2.05, 4.69) is 22.0 Å². The number of hydrogen-bond donors (Lipinski definition) is 1. The molecule has 0 saturated carbocycles. The van der Waals surface area contributed by atoms with Gasteiger partial charge < -0.3 is 4.98 Å². The monoisotopic (exact) mass is 234 g/mol. The van der Waals surface area contributed by atoms with Gasteiger partial charge >= 0.3 is 0 Å². The third-order valence-electron chi connectivity index (χ3n) is 2.56. The van der Waals surface area contributed by atoms with Gasteiger partial charge in [-0.1, -0.05) is 19.1 Å². The Kier molecular flexibility index (Phi) is 2.87. The van der Waals surface area contributed by atoms with Crippen LogP contribution in [-0.2, 0) is 13.5 Å².